The molecule has 0 fully saturated rings. The first-order valence-corrected chi connectivity index (χ1v) is 6.80. The zero-order chi connectivity index (χ0) is 14.9. The van der Waals surface area contributed by atoms with Gasteiger partial charge in [0.25, 0.3) is 5.56 Å². The Morgan fingerprint density at radius 2 is 2.05 bits per heavy atom. The molecule has 2 aromatic heterocycles. The third kappa shape index (κ3) is 2.50. The first-order chi connectivity index (χ1) is 9.33. The minimum Gasteiger partial charge on any atom is -0.302 e. The Labute approximate surface area is 112 Å². The number of hydrogen-bond acceptors (Lipinski definition) is 7. The van der Waals surface area contributed by atoms with Crippen molar-refractivity contribution in [2.75, 3.05) is 0 Å². The molecule has 11 nitrogen and oxygen atoms in total. The summed E-state index contributed by atoms with van der Waals surface area (Å²) in [7, 11) is -1.55. The summed E-state index contributed by atoms with van der Waals surface area (Å²) >= 11 is 0. The van der Waals surface area contributed by atoms with Crippen LogP contribution in [-0.4, -0.2) is 38.2 Å². The highest BCUT2D eigenvalue weighted by atomic mass is 32.2. The fourth-order valence-electron chi connectivity index (χ4n) is 1.45. The Hall–Kier alpha value is -2.34. The van der Waals surface area contributed by atoms with Crippen molar-refractivity contribution in [2.45, 2.75) is 11.4 Å². The van der Waals surface area contributed by atoms with Crippen LogP contribution in [0, 0.1) is 0 Å². The summed E-state index contributed by atoms with van der Waals surface area (Å²) in [6, 6.07) is 0. The summed E-state index contributed by atoms with van der Waals surface area (Å²) in [5, 5.41) is 12.6. The van der Waals surface area contributed by atoms with E-state index in [0.29, 0.717) is 4.57 Å². The molecule has 2 aromatic rings. The number of hydrogen-bond donors (Lipinski definition) is 2. The van der Waals surface area contributed by atoms with E-state index in [-0.39, 0.29) is 12.4 Å². The molecule has 2 rings (SSSR count). The maximum atomic E-state index is 12.0. The summed E-state index contributed by atoms with van der Waals surface area (Å²) in [6.45, 7) is -0.231. The van der Waals surface area contributed by atoms with E-state index < -0.39 is 26.2 Å². The molecule has 0 atom stereocenters. The van der Waals surface area contributed by atoms with Crippen LogP contribution >= 0.6 is 0 Å². The van der Waals surface area contributed by atoms with Gasteiger partial charge in [-0.2, -0.15) is 5.21 Å². The van der Waals surface area contributed by atoms with Crippen LogP contribution < -0.4 is 16.0 Å². The van der Waals surface area contributed by atoms with Crippen LogP contribution in [0.25, 0.3) is 0 Å². The number of H-pyrrole nitrogens is 1. The van der Waals surface area contributed by atoms with Crippen LogP contribution in [0.2, 0.25) is 0 Å². The Morgan fingerprint density at radius 1 is 1.35 bits per heavy atom. The van der Waals surface area contributed by atoms with Crippen LogP contribution in [-0.2, 0) is 30.7 Å². The smallest absolute Gasteiger partial charge is 0.302 e. The zero-order valence-electron chi connectivity index (χ0n) is 10.6. The van der Waals surface area contributed by atoms with Crippen LogP contribution in [0.5, 0.6) is 0 Å². The largest absolute Gasteiger partial charge is 0.330 e. The second kappa shape index (κ2) is 4.97. The lowest BCUT2D eigenvalue weighted by atomic mass is 10.6. The van der Waals surface area contributed by atoms with Gasteiger partial charge in [-0.3, -0.25) is 9.36 Å². The number of tetrazole rings is 1. The number of aromatic nitrogens is 6. The van der Waals surface area contributed by atoms with Crippen molar-refractivity contribution < 1.29 is 8.42 Å². The summed E-state index contributed by atoms with van der Waals surface area (Å²) in [5.74, 6) is 0.121. The average Bonchev–Trinajstić information content (AvgIpc) is 2.91. The number of aromatic amines is 1. The van der Waals surface area contributed by atoms with Crippen molar-refractivity contribution in [1.29, 1.82) is 0 Å². The molecule has 0 amide bonds. The number of nitrogens with one attached hydrogen (secondary N) is 2. The minimum atomic E-state index is -4.09. The Morgan fingerprint density at radius 3 is 2.65 bits per heavy atom. The van der Waals surface area contributed by atoms with Crippen molar-refractivity contribution in [3.8, 4) is 0 Å². The maximum Gasteiger partial charge on any atom is 0.330 e. The normalized spacial score (nSPS) is 11.7. The van der Waals surface area contributed by atoms with Crippen LogP contribution in [0.3, 0.4) is 0 Å². The molecule has 0 bridgehead atoms. The third-order valence-electron chi connectivity index (χ3n) is 2.51. The van der Waals surface area contributed by atoms with E-state index >= 15 is 0 Å². The topological polar surface area (TPSA) is 145 Å². The fraction of sp³-hybridized carbons (Fsp3) is 0.375. The van der Waals surface area contributed by atoms with E-state index in [2.05, 4.69) is 25.3 Å². The molecule has 0 aliphatic carbocycles. The number of nitrogens with zero attached hydrogens (tertiary/aromatic N) is 5. The molecule has 0 saturated heterocycles. The first-order valence-electron chi connectivity index (χ1n) is 5.31. The van der Waals surface area contributed by atoms with Gasteiger partial charge in [-0.05, 0) is 0 Å². The summed E-state index contributed by atoms with van der Waals surface area (Å²) in [4.78, 5) is 22.8. The molecule has 0 aromatic carbocycles. The number of rotatable bonds is 4. The Bertz CT molecular complexity index is 833. The van der Waals surface area contributed by atoms with Gasteiger partial charge in [-0.25, -0.2) is 17.9 Å². The van der Waals surface area contributed by atoms with Gasteiger partial charge in [0.1, 0.15) is 0 Å². The highest BCUT2D eigenvalue weighted by molar-refractivity contribution is 7.89. The molecule has 108 valence electrons. The molecular weight excluding hydrogens is 290 g/mol. The summed E-state index contributed by atoms with van der Waals surface area (Å²) in [6.07, 6.45) is 0.962. The molecule has 20 heavy (non-hydrogen) atoms. The lowest BCUT2D eigenvalue weighted by molar-refractivity contribution is 0.569. The molecule has 0 radical (unpaired) electrons. The Kier molecular flexibility index (Phi) is 3.50. The quantitative estimate of drug-likeness (QED) is 0.615. The van der Waals surface area contributed by atoms with Crippen molar-refractivity contribution in [2.24, 2.45) is 14.1 Å². The van der Waals surface area contributed by atoms with Gasteiger partial charge in [0.2, 0.25) is 10.0 Å². The van der Waals surface area contributed by atoms with Crippen LogP contribution in [0.1, 0.15) is 5.82 Å². The number of sulfonamides is 1. The van der Waals surface area contributed by atoms with E-state index in [1.807, 2.05) is 0 Å². The summed E-state index contributed by atoms with van der Waals surface area (Å²) in [5.41, 5.74) is -1.53. The van der Waals surface area contributed by atoms with Gasteiger partial charge < -0.3 is 4.57 Å². The monoisotopic (exact) mass is 301 g/mol. The first kappa shape index (κ1) is 14.1. The lowest BCUT2D eigenvalue weighted by Crippen LogP contribution is -2.41. The molecule has 0 aliphatic heterocycles. The SMILES string of the molecule is Cn1cc(S(=O)(=O)NCc2nn[nH]n2)c(=O)n(C)c1=O. The highest BCUT2D eigenvalue weighted by Gasteiger charge is 2.21. The van der Waals surface area contributed by atoms with E-state index in [0.717, 1.165) is 10.8 Å². The van der Waals surface area contributed by atoms with Crippen LogP contribution in [0.15, 0.2) is 20.7 Å². The van der Waals surface area contributed by atoms with E-state index in [1.54, 1.807) is 0 Å². The van der Waals surface area contributed by atoms with E-state index in [4.69, 9.17) is 0 Å². The van der Waals surface area contributed by atoms with E-state index in [1.165, 1.54) is 14.1 Å². The number of aryl methyl sites for hydroxylation is 1. The van der Waals surface area contributed by atoms with Gasteiger partial charge in [0.05, 0.1) is 6.54 Å². The van der Waals surface area contributed by atoms with Crippen molar-refractivity contribution in [1.82, 2.24) is 34.5 Å². The lowest BCUT2D eigenvalue weighted by Gasteiger charge is -2.07. The van der Waals surface area contributed by atoms with Gasteiger partial charge in [0, 0.05) is 20.3 Å². The molecule has 2 N–H and O–H groups in total. The van der Waals surface area contributed by atoms with Gasteiger partial charge in [-0.1, -0.05) is 5.21 Å². The van der Waals surface area contributed by atoms with Crippen LogP contribution in [0.4, 0.5) is 0 Å². The third-order valence-corrected chi connectivity index (χ3v) is 3.90. The Balaban J connectivity index is 2.40. The highest BCUT2D eigenvalue weighted by Crippen LogP contribution is 2.00. The van der Waals surface area contributed by atoms with E-state index in [9.17, 15) is 18.0 Å². The maximum absolute atomic E-state index is 12.0. The molecule has 2 heterocycles. The average molecular weight is 301 g/mol. The second-order valence-electron chi connectivity index (χ2n) is 3.90. The molecule has 0 unspecified atom stereocenters. The molecular formula is C8H11N7O4S. The van der Waals surface area contributed by atoms with Crippen molar-refractivity contribution >= 4 is 10.0 Å². The predicted octanol–water partition coefficient (Wildman–Crippen LogP) is -2.92. The summed E-state index contributed by atoms with van der Waals surface area (Å²) < 4.78 is 27.9. The zero-order valence-corrected chi connectivity index (χ0v) is 11.4. The molecule has 12 heteroatoms. The van der Waals surface area contributed by atoms with Crippen molar-refractivity contribution in [3.05, 3.63) is 32.9 Å². The minimum absolute atomic E-state index is 0.121. The standard InChI is InChI=1S/C8H11N7O4S/c1-14-4-5(7(16)15(2)8(14)17)20(18,19)9-3-6-10-12-13-11-6/h4,9H,3H2,1-2H3,(H,10,11,12,13). The second-order valence-corrected chi connectivity index (χ2v) is 5.64. The predicted molar refractivity (Wildman–Crippen MR) is 65.1 cm³/mol. The van der Waals surface area contributed by atoms with Gasteiger partial charge in [-0.15, -0.1) is 10.2 Å². The van der Waals surface area contributed by atoms with Gasteiger partial charge >= 0.3 is 5.69 Å². The van der Waals surface area contributed by atoms with Gasteiger partial charge in [0.15, 0.2) is 10.7 Å². The molecule has 0 aliphatic rings. The molecule has 0 spiro atoms. The van der Waals surface area contributed by atoms with Crippen molar-refractivity contribution in [3.63, 3.8) is 0 Å². The fourth-order valence-corrected chi connectivity index (χ4v) is 2.59. The molecule has 0 saturated carbocycles.